The normalized spacial score (nSPS) is 16.2. The number of carbonyl (C=O) groups excluding carboxylic acids is 2. The minimum absolute atomic E-state index is 0.0259. The van der Waals surface area contributed by atoms with E-state index in [1.165, 1.54) is 5.56 Å². The van der Waals surface area contributed by atoms with Crippen LogP contribution in [0.1, 0.15) is 24.0 Å². The van der Waals surface area contributed by atoms with Crippen LogP contribution in [-0.4, -0.2) is 43.5 Å². The number of likely N-dealkylation sites (tertiary alicyclic amines) is 1. The minimum Gasteiger partial charge on any atom is -0.497 e. The number of aryl methyl sites for hydroxylation is 1. The van der Waals surface area contributed by atoms with Crippen LogP contribution in [-0.2, 0) is 22.4 Å². The van der Waals surface area contributed by atoms with Crippen molar-refractivity contribution in [3.8, 4) is 5.75 Å². The quantitative estimate of drug-likeness (QED) is 0.728. The highest BCUT2D eigenvalue weighted by Gasteiger charge is 2.29. The molecule has 0 aromatic heterocycles. The molecule has 1 saturated heterocycles. The smallest absolute Gasteiger partial charge is 0.223 e. The topological polar surface area (TPSA) is 58.6 Å². The molecule has 1 unspecified atom stereocenters. The molecule has 148 valence electrons. The highest BCUT2D eigenvalue weighted by atomic mass is 16.5. The Bertz CT molecular complexity index is 791. The molecule has 3 rings (SSSR count). The van der Waals surface area contributed by atoms with Gasteiger partial charge < -0.3 is 15.0 Å². The van der Waals surface area contributed by atoms with Crippen LogP contribution in [0.5, 0.6) is 5.75 Å². The summed E-state index contributed by atoms with van der Waals surface area (Å²) in [5.41, 5.74) is 2.32. The van der Waals surface area contributed by atoms with E-state index in [9.17, 15) is 9.59 Å². The van der Waals surface area contributed by atoms with Gasteiger partial charge in [-0.25, -0.2) is 0 Å². The highest BCUT2D eigenvalue weighted by Crippen LogP contribution is 2.18. The van der Waals surface area contributed by atoms with Gasteiger partial charge in [0.25, 0.3) is 0 Å². The summed E-state index contributed by atoms with van der Waals surface area (Å²) >= 11 is 0. The zero-order valence-corrected chi connectivity index (χ0v) is 16.4. The fourth-order valence-corrected chi connectivity index (χ4v) is 3.55. The molecule has 28 heavy (non-hydrogen) atoms. The van der Waals surface area contributed by atoms with Gasteiger partial charge in [0.2, 0.25) is 11.8 Å². The molecular weight excluding hydrogens is 352 g/mol. The second-order valence-corrected chi connectivity index (χ2v) is 7.30. The lowest BCUT2D eigenvalue weighted by molar-refractivity contribution is -0.127. The Balaban J connectivity index is 1.37. The van der Waals surface area contributed by atoms with Gasteiger partial charge in [-0.3, -0.25) is 9.59 Å². The van der Waals surface area contributed by atoms with Crippen LogP contribution in [0, 0.1) is 5.92 Å². The lowest BCUT2D eigenvalue weighted by Gasteiger charge is -2.17. The van der Waals surface area contributed by atoms with Gasteiger partial charge >= 0.3 is 0 Å². The number of carbonyl (C=O) groups is 2. The molecule has 1 aliphatic heterocycles. The summed E-state index contributed by atoms with van der Waals surface area (Å²) in [6.07, 6.45) is 2.50. The second-order valence-electron chi connectivity index (χ2n) is 7.30. The Morgan fingerprint density at radius 1 is 1.11 bits per heavy atom. The number of methoxy groups -OCH3 is 1. The van der Waals surface area contributed by atoms with E-state index in [1.54, 1.807) is 7.11 Å². The van der Waals surface area contributed by atoms with E-state index in [-0.39, 0.29) is 17.7 Å². The number of benzene rings is 2. The standard InChI is InChI=1S/C23H28N2O3/c1-28-21-9-5-8-19(14-21)10-11-22(26)24-16-20-15-23(27)25(17-20)13-12-18-6-3-2-4-7-18/h2-9,14,20H,10-13,15-17H2,1H3,(H,24,26). The van der Waals surface area contributed by atoms with E-state index >= 15 is 0 Å². The van der Waals surface area contributed by atoms with E-state index in [2.05, 4.69) is 17.4 Å². The average molecular weight is 380 g/mol. The molecule has 1 fully saturated rings. The van der Waals surface area contributed by atoms with Crippen LogP contribution in [0.15, 0.2) is 54.6 Å². The summed E-state index contributed by atoms with van der Waals surface area (Å²) < 4.78 is 5.21. The molecule has 0 aliphatic carbocycles. The van der Waals surface area contributed by atoms with Crippen LogP contribution < -0.4 is 10.1 Å². The van der Waals surface area contributed by atoms with Crippen molar-refractivity contribution in [2.45, 2.75) is 25.7 Å². The molecule has 0 spiro atoms. The minimum atomic E-state index is 0.0259. The third kappa shape index (κ3) is 5.84. The fourth-order valence-electron chi connectivity index (χ4n) is 3.55. The van der Waals surface area contributed by atoms with E-state index in [1.807, 2.05) is 47.4 Å². The molecule has 5 nitrogen and oxygen atoms in total. The van der Waals surface area contributed by atoms with Crippen molar-refractivity contribution >= 4 is 11.8 Å². The molecule has 2 aromatic carbocycles. The summed E-state index contributed by atoms with van der Waals surface area (Å²) in [6, 6.07) is 18.0. The van der Waals surface area contributed by atoms with Gasteiger partial charge in [0.05, 0.1) is 7.11 Å². The Hall–Kier alpha value is -2.82. The fraction of sp³-hybridized carbons (Fsp3) is 0.391. The summed E-state index contributed by atoms with van der Waals surface area (Å²) in [5.74, 6) is 1.21. The van der Waals surface area contributed by atoms with Gasteiger partial charge in [-0.05, 0) is 36.1 Å². The number of rotatable bonds is 9. The van der Waals surface area contributed by atoms with Crippen molar-refractivity contribution in [3.05, 3.63) is 65.7 Å². The number of hydrogen-bond acceptors (Lipinski definition) is 3. The SMILES string of the molecule is COc1cccc(CCC(=O)NCC2CC(=O)N(CCc3ccccc3)C2)c1. The first-order valence-corrected chi connectivity index (χ1v) is 9.85. The van der Waals surface area contributed by atoms with Gasteiger partial charge in [-0.15, -0.1) is 0 Å². The van der Waals surface area contributed by atoms with Crippen LogP contribution in [0.25, 0.3) is 0 Å². The monoisotopic (exact) mass is 380 g/mol. The van der Waals surface area contributed by atoms with E-state index in [0.29, 0.717) is 25.8 Å². The largest absolute Gasteiger partial charge is 0.497 e. The Morgan fingerprint density at radius 2 is 1.89 bits per heavy atom. The number of ether oxygens (including phenoxy) is 1. The van der Waals surface area contributed by atoms with Crippen molar-refractivity contribution in [1.82, 2.24) is 10.2 Å². The molecule has 1 atom stereocenters. The third-order valence-corrected chi connectivity index (χ3v) is 5.17. The molecule has 0 radical (unpaired) electrons. The lowest BCUT2D eigenvalue weighted by atomic mass is 10.1. The maximum atomic E-state index is 12.2. The lowest BCUT2D eigenvalue weighted by Crippen LogP contribution is -2.32. The summed E-state index contributed by atoms with van der Waals surface area (Å²) in [6.45, 7) is 2.02. The van der Waals surface area contributed by atoms with E-state index in [4.69, 9.17) is 4.74 Å². The van der Waals surface area contributed by atoms with Gasteiger partial charge in [-0.2, -0.15) is 0 Å². The van der Waals surface area contributed by atoms with Crippen LogP contribution in [0.3, 0.4) is 0 Å². The summed E-state index contributed by atoms with van der Waals surface area (Å²) in [4.78, 5) is 26.3. The first kappa shape index (κ1) is 19.9. The van der Waals surface area contributed by atoms with Crippen LogP contribution >= 0.6 is 0 Å². The Morgan fingerprint density at radius 3 is 2.68 bits per heavy atom. The molecule has 0 saturated carbocycles. The average Bonchev–Trinajstić information content (AvgIpc) is 3.09. The van der Waals surface area contributed by atoms with E-state index in [0.717, 1.165) is 30.8 Å². The second kappa shape index (κ2) is 9.93. The van der Waals surface area contributed by atoms with Crippen LogP contribution in [0.2, 0.25) is 0 Å². The van der Waals surface area contributed by atoms with Crippen molar-refractivity contribution < 1.29 is 14.3 Å². The Labute approximate surface area is 166 Å². The molecule has 5 heteroatoms. The van der Waals surface area contributed by atoms with Crippen molar-refractivity contribution in [2.75, 3.05) is 26.7 Å². The zero-order valence-electron chi connectivity index (χ0n) is 16.4. The maximum absolute atomic E-state index is 12.2. The zero-order chi connectivity index (χ0) is 19.8. The van der Waals surface area contributed by atoms with Gasteiger partial charge in [0, 0.05) is 38.4 Å². The molecule has 1 heterocycles. The van der Waals surface area contributed by atoms with Gasteiger partial charge in [-0.1, -0.05) is 42.5 Å². The molecule has 0 bridgehead atoms. The molecular formula is C23H28N2O3. The maximum Gasteiger partial charge on any atom is 0.223 e. The number of nitrogens with zero attached hydrogens (tertiary/aromatic N) is 1. The summed E-state index contributed by atoms with van der Waals surface area (Å²) in [5, 5.41) is 2.99. The predicted molar refractivity (Wildman–Crippen MR) is 109 cm³/mol. The first-order chi connectivity index (χ1) is 13.6. The number of nitrogens with one attached hydrogen (secondary N) is 1. The van der Waals surface area contributed by atoms with Crippen LogP contribution in [0.4, 0.5) is 0 Å². The number of hydrogen-bond donors (Lipinski definition) is 1. The first-order valence-electron chi connectivity index (χ1n) is 9.85. The van der Waals surface area contributed by atoms with Gasteiger partial charge in [0.15, 0.2) is 0 Å². The molecule has 2 amide bonds. The van der Waals surface area contributed by atoms with E-state index < -0.39 is 0 Å². The highest BCUT2D eigenvalue weighted by molar-refractivity contribution is 5.79. The molecule has 1 N–H and O–H groups in total. The molecule has 2 aromatic rings. The van der Waals surface area contributed by atoms with Crippen molar-refractivity contribution in [3.63, 3.8) is 0 Å². The van der Waals surface area contributed by atoms with Crippen molar-refractivity contribution in [1.29, 1.82) is 0 Å². The predicted octanol–water partition coefficient (Wildman–Crippen LogP) is 2.84. The Kier molecular flexibility index (Phi) is 7.06. The number of amides is 2. The van der Waals surface area contributed by atoms with Gasteiger partial charge in [0.1, 0.15) is 5.75 Å². The van der Waals surface area contributed by atoms with Crippen molar-refractivity contribution in [2.24, 2.45) is 5.92 Å². The summed E-state index contributed by atoms with van der Waals surface area (Å²) in [7, 11) is 1.64. The molecule has 1 aliphatic rings. The third-order valence-electron chi connectivity index (χ3n) is 5.17.